The van der Waals surface area contributed by atoms with Crippen LogP contribution in [0.5, 0.6) is 5.75 Å². The lowest BCUT2D eigenvalue weighted by Gasteiger charge is -2.10. The molecule has 4 heteroatoms. The maximum Gasteiger partial charge on any atom is 0.131 e. The average molecular weight is 231 g/mol. The predicted molar refractivity (Wildman–Crippen MR) is 69.0 cm³/mol. The van der Waals surface area contributed by atoms with Gasteiger partial charge in [-0.3, -0.25) is 0 Å². The number of benzene rings is 1. The molecule has 1 aromatic carbocycles. The van der Waals surface area contributed by atoms with Crippen LogP contribution in [0.4, 0.5) is 5.82 Å². The van der Waals surface area contributed by atoms with Gasteiger partial charge in [0, 0.05) is 11.6 Å². The van der Waals surface area contributed by atoms with Crippen molar-refractivity contribution in [3.05, 3.63) is 30.6 Å². The number of imidazole rings is 1. The van der Waals surface area contributed by atoms with Gasteiger partial charge in [-0.1, -0.05) is 12.1 Å². The van der Waals surface area contributed by atoms with Crippen molar-refractivity contribution in [2.24, 2.45) is 0 Å². The highest BCUT2D eigenvalue weighted by atomic mass is 16.5. The number of methoxy groups -OCH3 is 1. The van der Waals surface area contributed by atoms with Crippen molar-refractivity contribution < 1.29 is 4.74 Å². The minimum Gasteiger partial charge on any atom is -0.496 e. The van der Waals surface area contributed by atoms with Crippen LogP contribution in [0.3, 0.4) is 0 Å². The number of hydrogen-bond donors (Lipinski definition) is 1. The zero-order valence-corrected chi connectivity index (χ0v) is 10.3. The minimum atomic E-state index is 0.297. The van der Waals surface area contributed by atoms with Crippen LogP contribution in [0.15, 0.2) is 30.6 Å². The third-order valence-corrected chi connectivity index (χ3v) is 2.75. The van der Waals surface area contributed by atoms with E-state index in [1.54, 1.807) is 13.4 Å². The van der Waals surface area contributed by atoms with Gasteiger partial charge >= 0.3 is 0 Å². The summed E-state index contributed by atoms with van der Waals surface area (Å²) in [6.07, 6.45) is 1.77. The molecule has 0 radical (unpaired) electrons. The number of nitrogens with zero attached hydrogens (tertiary/aromatic N) is 2. The number of nitrogens with two attached hydrogens (primary N) is 1. The molecule has 0 aliphatic carbocycles. The molecule has 0 bridgehead atoms. The standard InChI is InChI=1S/C13H17N3O/c1-9(2)16-8-15-12(13(16)14)10-6-4-5-7-11(10)17-3/h4-9H,14H2,1-3H3. The molecule has 0 atom stereocenters. The normalized spacial score (nSPS) is 10.8. The maximum absolute atomic E-state index is 6.10. The van der Waals surface area contributed by atoms with E-state index in [9.17, 15) is 0 Å². The SMILES string of the molecule is COc1ccccc1-c1ncn(C(C)C)c1N. The lowest BCUT2D eigenvalue weighted by atomic mass is 10.1. The molecule has 2 rings (SSSR count). The lowest BCUT2D eigenvalue weighted by Crippen LogP contribution is -2.04. The smallest absolute Gasteiger partial charge is 0.131 e. The highest BCUT2D eigenvalue weighted by molar-refractivity contribution is 5.75. The summed E-state index contributed by atoms with van der Waals surface area (Å²) in [7, 11) is 1.65. The van der Waals surface area contributed by atoms with Crippen molar-refractivity contribution in [3.63, 3.8) is 0 Å². The molecule has 0 unspecified atom stereocenters. The van der Waals surface area contributed by atoms with Crippen LogP contribution < -0.4 is 10.5 Å². The Bertz CT molecular complexity index is 517. The molecular weight excluding hydrogens is 214 g/mol. The molecule has 0 aliphatic rings. The van der Waals surface area contributed by atoms with E-state index in [1.165, 1.54) is 0 Å². The molecule has 0 saturated heterocycles. The van der Waals surface area contributed by atoms with E-state index >= 15 is 0 Å². The Kier molecular flexibility index (Phi) is 3.04. The summed E-state index contributed by atoms with van der Waals surface area (Å²) in [6.45, 7) is 4.15. The van der Waals surface area contributed by atoms with Gasteiger partial charge in [0.25, 0.3) is 0 Å². The van der Waals surface area contributed by atoms with Crippen molar-refractivity contribution in [1.82, 2.24) is 9.55 Å². The van der Waals surface area contributed by atoms with Crippen molar-refractivity contribution >= 4 is 5.82 Å². The molecule has 90 valence electrons. The fourth-order valence-corrected chi connectivity index (χ4v) is 1.83. The Balaban J connectivity index is 2.53. The topological polar surface area (TPSA) is 53.1 Å². The summed E-state index contributed by atoms with van der Waals surface area (Å²) in [4.78, 5) is 4.37. The van der Waals surface area contributed by atoms with Crippen LogP contribution >= 0.6 is 0 Å². The van der Waals surface area contributed by atoms with E-state index in [0.717, 1.165) is 17.0 Å². The van der Waals surface area contributed by atoms with E-state index in [4.69, 9.17) is 10.5 Å². The Morgan fingerprint density at radius 3 is 2.59 bits per heavy atom. The molecular formula is C13H17N3O. The van der Waals surface area contributed by atoms with E-state index in [0.29, 0.717) is 11.9 Å². The fraction of sp³-hybridized carbons (Fsp3) is 0.308. The fourth-order valence-electron chi connectivity index (χ4n) is 1.83. The first-order valence-corrected chi connectivity index (χ1v) is 5.60. The van der Waals surface area contributed by atoms with Gasteiger partial charge in [0.15, 0.2) is 0 Å². The zero-order valence-electron chi connectivity index (χ0n) is 10.3. The van der Waals surface area contributed by atoms with Crippen LogP contribution in [0, 0.1) is 0 Å². The first-order valence-electron chi connectivity index (χ1n) is 5.60. The molecule has 2 N–H and O–H groups in total. The zero-order chi connectivity index (χ0) is 12.4. The predicted octanol–water partition coefficient (Wildman–Crippen LogP) is 2.72. The van der Waals surface area contributed by atoms with E-state index in [-0.39, 0.29) is 0 Å². The summed E-state index contributed by atoms with van der Waals surface area (Å²) in [6, 6.07) is 8.04. The Hall–Kier alpha value is -1.97. The Morgan fingerprint density at radius 1 is 1.29 bits per heavy atom. The summed E-state index contributed by atoms with van der Waals surface area (Å²) in [5.41, 5.74) is 7.80. The van der Waals surface area contributed by atoms with E-state index in [2.05, 4.69) is 18.8 Å². The minimum absolute atomic E-state index is 0.297. The summed E-state index contributed by atoms with van der Waals surface area (Å²) < 4.78 is 7.27. The number of hydrogen-bond acceptors (Lipinski definition) is 3. The molecule has 1 aromatic heterocycles. The van der Waals surface area contributed by atoms with Crippen LogP contribution in [0.25, 0.3) is 11.3 Å². The second-order valence-electron chi connectivity index (χ2n) is 4.18. The molecule has 0 spiro atoms. The Labute approximate surface area is 101 Å². The van der Waals surface area contributed by atoms with Gasteiger partial charge in [0.2, 0.25) is 0 Å². The van der Waals surface area contributed by atoms with Gasteiger partial charge in [-0.15, -0.1) is 0 Å². The average Bonchev–Trinajstić information content (AvgIpc) is 2.71. The molecule has 0 amide bonds. The van der Waals surface area contributed by atoms with Gasteiger partial charge in [-0.25, -0.2) is 4.98 Å². The van der Waals surface area contributed by atoms with Crippen molar-refractivity contribution in [1.29, 1.82) is 0 Å². The summed E-state index contributed by atoms with van der Waals surface area (Å²) in [5.74, 6) is 1.46. The molecule has 4 nitrogen and oxygen atoms in total. The van der Waals surface area contributed by atoms with Crippen LogP contribution in [0.1, 0.15) is 19.9 Å². The molecule has 2 aromatic rings. The monoisotopic (exact) mass is 231 g/mol. The quantitative estimate of drug-likeness (QED) is 0.883. The number of anilines is 1. The summed E-state index contributed by atoms with van der Waals surface area (Å²) in [5, 5.41) is 0. The molecule has 0 fully saturated rings. The largest absolute Gasteiger partial charge is 0.496 e. The third kappa shape index (κ3) is 1.98. The van der Waals surface area contributed by atoms with Gasteiger partial charge in [0.05, 0.1) is 13.4 Å². The number of ether oxygens (including phenoxy) is 1. The number of nitrogen functional groups attached to an aromatic ring is 1. The van der Waals surface area contributed by atoms with Gasteiger partial charge in [0.1, 0.15) is 17.3 Å². The first kappa shape index (κ1) is 11.5. The van der Waals surface area contributed by atoms with E-state index in [1.807, 2.05) is 28.8 Å². The second-order valence-corrected chi connectivity index (χ2v) is 4.18. The maximum atomic E-state index is 6.10. The lowest BCUT2D eigenvalue weighted by molar-refractivity contribution is 0.416. The van der Waals surface area contributed by atoms with Gasteiger partial charge in [-0.2, -0.15) is 0 Å². The second kappa shape index (κ2) is 4.49. The summed E-state index contributed by atoms with van der Waals surface area (Å²) >= 11 is 0. The molecule has 1 heterocycles. The van der Waals surface area contributed by atoms with Crippen LogP contribution in [-0.2, 0) is 0 Å². The highest BCUT2D eigenvalue weighted by Crippen LogP contribution is 2.33. The van der Waals surface area contributed by atoms with Gasteiger partial charge < -0.3 is 15.0 Å². The van der Waals surface area contributed by atoms with Crippen LogP contribution in [-0.4, -0.2) is 16.7 Å². The van der Waals surface area contributed by atoms with Gasteiger partial charge in [-0.05, 0) is 26.0 Å². The molecule has 0 saturated carbocycles. The van der Waals surface area contributed by atoms with Crippen molar-refractivity contribution in [3.8, 4) is 17.0 Å². The van der Waals surface area contributed by atoms with Crippen molar-refractivity contribution in [2.75, 3.05) is 12.8 Å². The number of aromatic nitrogens is 2. The molecule has 0 aliphatic heterocycles. The van der Waals surface area contributed by atoms with Crippen LogP contribution in [0.2, 0.25) is 0 Å². The highest BCUT2D eigenvalue weighted by Gasteiger charge is 2.14. The Morgan fingerprint density at radius 2 is 2.00 bits per heavy atom. The third-order valence-electron chi connectivity index (χ3n) is 2.75. The van der Waals surface area contributed by atoms with E-state index < -0.39 is 0 Å². The number of para-hydroxylation sites is 1. The first-order chi connectivity index (χ1) is 8.15. The van der Waals surface area contributed by atoms with Crippen molar-refractivity contribution in [2.45, 2.75) is 19.9 Å². The molecule has 17 heavy (non-hydrogen) atoms. The number of rotatable bonds is 3.